The van der Waals surface area contributed by atoms with E-state index in [1.165, 1.54) is 22.9 Å². The zero-order valence-electron chi connectivity index (χ0n) is 14.9. The summed E-state index contributed by atoms with van der Waals surface area (Å²) in [6, 6.07) is 0. The van der Waals surface area contributed by atoms with Gasteiger partial charge >= 0.3 is 0 Å². The first kappa shape index (κ1) is 18.6. The molecule has 0 bridgehead atoms. The molecule has 0 aromatic carbocycles. The lowest BCUT2D eigenvalue weighted by Crippen LogP contribution is -2.51. The number of imide groups is 1. The van der Waals surface area contributed by atoms with Crippen LogP contribution in [0.2, 0.25) is 0 Å². The normalized spacial score (nSPS) is 19.1. The number of rotatable bonds is 6. The summed E-state index contributed by atoms with van der Waals surface area (Å²) in [4.78, 5) is 36.9. The van der Waals surface area contributed by atoms with Gasteiger partial charge in [-0.3, -0.25) is 19.5 Å². The lowest BCUT2D eigenvalue weighted by molar-refractivity contribution is -0.147. The first-order chi connectivity index (χ1) is 13.4. The summed E-state index contributed by atoms with van der Waals surface area (Å²) in [5, 5.41) is 3.85. The predicted octanol–water partition coefficient (Wildman–Crippen LogP) is -0.205. The number of nitrogens with zero attached hydrogens (tertiary/aromatic N) is 6. The van der Waals surface area contributed by atoms with Gasteiger partial charge in [0, 0.05) is 44.9 Å². The smallest absolute Gasteiger partial charge is 0.232 e. The SMILES string of the molecule is O=C1CCCC(=O)N1CCS(=O)(=O)N1CC(c2nc(-c3cnccn3)no2)C1. The van der Waals surface area contributed by atoms with E-state index in [2.05, 4.69) is 20.1 Å². The van der Waals surface area contributed by atoms with Crippen molar-refractivity contribution in [1.82, 2.24) is 29.3 Å². The van der Waals surface area contributed by atoms with Gasteiger partial charge in [-0.1, -0.05) is 5.16 Å². The molecule has 0 atom stereocenters. The van der Waals surface area contributed by atoms with Gasteiger partial charge in [-0.2, -0.15) is 4.98 Å². The summed E-state index contributed by atoms with van der Waals surface area (Å²) in [5.74, 6) is -0.469. The Bertz CT molecular complexity index is 970. The number of hydrogen-bond acceptors (Lipinski definition) is 9. The van der Waals surface area contributed by atoms with E-state index in [1.54, 1.807) is 0 Å². The molecule has 4 heterocycles. The lowest BCUT2D eigenvalue weighted by Gasteiger charge is -2.36. The van der Waals surface area contributed by atoms with Crippen molar-refractivity contribution in [2.45, 2.75) is 25.2 Å². The zero-order chi connectivity index (χ0) is 19.7. The van der Waals surface area contributed by atoms with Gasteiger partial charge in [0.25, 0.3) is 0 Å². The molecule has 2 amide bonds. The van der Waals surface area contributed by atoms with Crippen molar-refractivity contribution < 1.29 is 22.5 Å². The summed E-state index contributed by atoms with van der Waals surface area (Å²) >= 11 is 0. The number of amides is 2. The van der Waals surface area contributed by atoms with E-state index >= 15 is 0 Å². The van der Waals surface area contributed by atoms with Crippen molar-refractivity contribution in [3.05, 3.63) is 24.5 Å². The Morgan fingerprint density at radius 1 is 1.14 bits per heavy atom. The zero-order valence-corrected chi connectivity index (χ0v) is 15.7. The minimum Gasteiger partial charge on any atom is -0.339 e. The van der Waals surface area contributed by atoms with Gasteiger partial charge in [-0.15, -0.1) is 0 Å². The van der Waals surface area contributed by atoms with E-state index in [-0.39, 0.29) is 56.0 Å². The van der Waals surface area contributed by atoms with Gasteiger partial charge in [-0.05, 0) is 6.42 Å². The maximum atomic E-state index is 12.5. The van der Waals surface area contributed by atoms with E-state index < -0.39 is 10.0 Å². The van der Waals surface area contributed by atoms with Crippen molar-refractivity contribution in [3.63, 3.8) is 0 Å². The number of carbonyl (C=O) groups is 2. The fourth-order valence-corrected chi connectivity index (χ4v) is 4.61. The summed E-state index contributed by atoms with van der Waals surface area (Å²) in [6.07, 6.45) is 5.64. The largest absolute Gasteiger partial charge is 0.339 e. The molecule has 0 N–H and O–H groups in total. The van der Waals surface area contributed by atoms with Crippen molar-refractivity contribution in [2.75, 3.05) is 25.4 Å². The standard InChI is InChI=1S/C16H18N6O5S/c23-13-2-1-3-14(24)22(13)6-7-28(25,26)21-9-11(10-21)16-19-15(20-27-16)12-8-17-4-5-18-12/h4-5,8,11H,1-3,6-7,9-10H2. The van der Waals surface area contributed by atoms with Crippen LogP contribution in [-0.2, 0) is 19.6 Å². The fourth-order valence-electron chi connectivity index (χ4n) is 3.13. The molecule has 2 fully saturated rings. The molecule has 0 unspecified atom stereocenters. The third-order valence-corrected chi connectivity index (χ3v) is 6.56. The highest BCUT2D eigenvalue weighted by molar-refractivity contribution is 7.89. The molecule has 0 saturated carbocycles. The van der Waals surface area contributed by atoms with Crippen LogP contribution >= 0.6 is 0 Å². The molecule has 0 spiro atoms. The second-order valence-corrected chi connectivity index (χ2v) is 8.76. The van der Waals surface area contributed by atoms with Crippen molar-refractivity contribution in [2.24, 2.45) is 0 Å². The third kappa shape index (κ3) is 3.64. The topological polar surface area (TPSA) is 139 Å². The van der Waals surface area contributed by atoms with Crippen LogP contribution < -0.4 is 0 Å². The molecule has 2 aromatic heterocycles. The van der Waals surface area contributed by atoms with Gasteiger partial charge < -0.3 is 4.52 Å². The summed E-state index contributed by atoms with van der Waals surface area (Å²) in [6.45, 7) is 0.317. The van der Waals surface area contributed by atoms with Crippen LogP contribution in [0.25, 0.3) is 11.5 Å². The number of sulfonamides is 1. The van der Waals surface area contributed by atoms with Gasteiger partial charge in [-0.25, -0.2) is 17.7 Å². The van der Waals surface area contributed by atoms with E-state index in [0.29, 0.717) is 23.8 Å². The Balaban J connectivity index is 1.33. The molecular formula is C16H18N6O5S. The molecule has 2 saturated heterocycles. The number of piperidine rings is 1. The Labute approximate surface area is 160 Å². The maximum absolute atomic E-state index is 12.5. The summed E-state index contributed by atoms with van der Waals surface area (Å²) < 4.78 is 31.4. The molecule has 12 heteroatoms. The van der Waals surface area contributed by atoms with E-state index in [0.717, 1.165) is 4.90 Å². The van der Waals surface area contributed by atoms with E-state index in [1.807, 2.05) is 0 Å². The minimum atomic E-state index is -3.58. The highest BCUT2D eigenvalue weighted by Crippen LogP contribution is 2.29. The monoisotopic (exact) mass is 406 g/mol. The molecule has 11 nitrogen and oxygen atoms in total. The molecule has 28 heavy (non-hydrogen) atoms. The first-order valence-electron chi connectivity index (χ1n) is 8.85. The van der Waals surface area contributed by atoms with Crippen LogP contribution in [0.5, 0.6) is 0 Å². The number of likely N-dealkylation sites (tertiary alicyclic amines) is 1. The average Bonchev–Trinajstić information content (AvgIpc) is 3.10. The molecule has 2 aliphatic rings. The fraction of sp³-hybridized carbons (Fsp3) is 0.500. The van der Waals surface area contributed by atoms with E-state index in [4.69, 9.17) is 4.52 Å². The van der Waals surface area contributed by atoms with Crippen LogP contribution in [0.4, 0.5) is 0 Å². The van der Waals surface area contributed by atoms with Crippen LogP contribution in [0, 0.1) is 0 Å². The van der Waals surface area contributed by atoms with Crippen molar-refractivity contribution in [3.8, 4) is 11.5 Å². The summed E-state index contributed by atoms with van der Waals surface area (Å²) in [7, 11) is -3.58. The second-order valence-electron chi connectivity index (χ2n) is 6.67. The van der Waals surface area contributed by atoms with Gasteiger partial charge in [0.05, 0.1) is 17.9 Å². The number of carbonyl (C=O) groups excluding carboxylic acids is 2. The average molecular weight is 406 g/mol. The maximum Gasteiger partial charge on any atom is 0.232 e. The van der Waals surface area contributed by atoms with Crippen LogP contribution in [-0.4, -0.2) is 74.9 Å². The second kappa shape index (κ2) is 7.36. The molecule has 148 valence electrons. The molecule has 4 rings (SSSR count). The molecular weight excluding hydrogens is 388 g/mol. The van der Waals surface area contributed by atoms with Gasteiger partial charge in [0.1, 0.15) is 5.69 Å². The lowest BCUT2D eigenvalue weighted by atomic mass is 10.0. The number of aromatic nitrogens is 4. The Hall–Kier alpha value is -2.73. The Kier molecular flexibility index (Phi) is 4.89. The molecule has 0 aliphatic carbocycles. The highest BCUT2D eigenvalue weighted by atomic mass is 32.2. The quantitative estimate of drug-likeness (QED) is 0.596. The van der Waals surface area contributed by atoms with Crippen LogP contribution in [0.15, 0.2) is 23.1 Å². The van der Waals surface area contributed by atoms with Crippen molar-refractivity contribution >= 4 is 21.8 Å². The predicted molar refractivity (Wildman–Crippen MR) is 94.0 cm³/mol. The highest BCUT2D eigenvalue weighted by Gasteiger charge is 2.40. The van der Waals surface area contributed by atoms with Gasteiger partial charge in [0.2, 0.25) is 33.6 Å². The first-order valence-corrected chi connectivity index (χ1v) is 10.5. The third-order valence-electron chi connectivity index (χ3n) is 4.78. The van der Waals surface area contributed by atoms with Crippen LogP contribution in [0.1, 0.15) is 31.1 Å². The van der Waals surface area contributed by atoms with Gasteiger partial charge in [0.15, 0.2) is 0 Å². The molecule has 2 aliphatic heterocycles. The minimum absolute atomic E-state index is 0.113. The van der Waals surface area contributed by atoms with Crippen LogP contribution in [0.3, 0.4) is 0 Å². The number of hydrogen-bond donors (Lipinski definition) is 0. The summed E-state index contributed by atoms with van der Waals surface area (Å²) in [5.41, 5.74) is 0.470. The molecule has 0 radical (unpaired) electrons. The Morgan fingerprint density at radius 2 is 1.89 bits per heavy atom. The molecule has 2 aromatic rings. The Morgan fingerprint density at radius 3 is 2.57 bits per heavy atom. The van der Waals surface area contributed by atoms with Crippen molar-refractivity contribution in [1.29, 1.82) is 0 Å². The van der Waals surface area contributed by atoms with E-state index in [9.17, 15) is 18.0 Å².